The van der Waals surface area contributed by atoms with Crippen LogP contribution < -0.4 is 5.32 Å². The van der Waals surface area contributed by atoms with E-state index < -0.39 is 5.41 Å². The molecule has 1 aliphatic rings. The highest BCUT2D eigenvalue weighted by Gasteiger charge is 2.46. The van der Waals surface area contributed by atoms with Crippen LogP contribution in [0.2, 0.25) is 0 Å². The van der Waals surface area contributed by atoms with Gasteiger partial charge in [0.1, 0.15) is 0 Å². The van der Waals surface area contributed by atoms with E-state index in [0.717, 1.165) is 11.4 Å². The highest BCUT2D eigenvalue weighted by atomic mass is 16.2. The van der Waals surface area contributed by atoms with Gasteiger partial charge in [-0.05, 0) is 25.0 Å². The molecular formula is C11H14N2O. The molecule has 0 spiro atoms. The summed E-state index contributed by atoms with van der Waals surface area (Å²) in [5, 5.41) is 2.87. The van der Waals surface area contributed by atoms with E-state index in [2.05, 4.69) is 10.3 Å². The van der Waals surface area contributed by atoms with E-state index in [1.54, 1.807) is 6.20 Å². The number of aromatic nitrogens is 1. The van der Waals surface area contributed by atoms with E-state index >= 15 is 0 Å². The van der Waals surface area contributed by atoms with Crippen molar-refractivity contribution in [3.05, 3.63) is 24.0 Å². The van der Waals surface area contributed by atoms with E-state index in [9.17, 15) is 4.79 Å². The molecule has 0 aromatic carbocycles. The van der Waals surface area contributed by atoms with Gasteiger partial charge in [0.15, 0.2) is 0 Å². The first-order valence-corrected chi connectivity index (χ1v) is 4.83. The largest absolute Gasteiger partial charge is 0.324 e. The first-order valence-electron chi connectivity index (χ1n) is 4.83. The van der Waals surface area contributed by atoms with Crippen molar-refractivity contribution < 1.29 is 4.79 Å². The van der Waals surface area contributed by atoms with E-state index in [4.69, 9.17) is 0 Å². The molecule has 0 bridgehead atoms. The quantitative estimate of drug-likeness (QED) is 0.735. The molecule has 2 rings (SSSR count). The third kappa shape index (κ3) is 0.983. The van der Waals surface area contributed by atoms with E-state index in [-0.39, 0.29) is 11.8 Å². The fourth-order valence-electron chi connectivity index (χ4n) is 1.82. The first kappa shape index (κ1) is 9.19. The van der Waals surface area contributed by atoms with Crippen LogP contribution in [0.5, 0.6) is 0 Å². The minimum atomic E-state index is -0.476. The summed E-state index contributed by atoms with van der Waals surface area (Å²) in [4.78, 5) is 16.1. The van der Waals surface area contributed by atoms with Crippen LogP contribution in [0.15, 0.2) is 18.3 Å². The second-order valence-electron chi connectivity index (χ2n) is 4.21. The maximum absolute atomic E-state index is 11.8. The Balaban J connectivity index is 2.60. The minimum absolute atomic E-state index is 0.0567. The fourth-order valence-corrected chi connectivity index (χ4v) is 1.82. The van der Waals surface area contributed by atoms with Gasteiger partial charge in [-0.1, -0.05) is 13.8 Å². The van der Waals surface area contributed by atoms with Gasteiger partial charge in [0.05, 0.1) is 16.8 Å². The third-order valence-electron chi connectivity index (χ3n) is 3.17. The lowest BCUT2D eigenvalue weighted by Crippen LogP contribution is -2.36. The maximum atomic E-state index is 11.8. The van der Waals surface area contributed by atoms with Crippen LogP contribution in [-0.2, 0) is 10.2 Å². The van der Waals surface area contributed by atoms with Gasteiger partial charge in [-0.2, -0.15) is 0 Å². The molecule has 74 valence electrons. The van der Waals surface area contributed by atoms with E-state index in [1.165, 1.54) is 0 Å². The SMILES string of the molecule is CC(C)C1(C)C(=O)Nc2cccnc21. The number of anilines is 1. The summed E-state index contributed by atoms with van der Waals surface area (Å²) in [6, 6.07) is 3.74. The second-order valence-corrected chi connectivity index (χ2v) is 4.21. The molecule has 2 heterocycles. The van der Waals surface area contributed by atoms with Crippen molar-refractivity contribution in [2.24, 2.45) is 5.92 Å². The van der Waals surface area contributed by atoms with Crippen molar-refractivity contribution in [1.29, 1.82) is 0 Å². The first-order chi connectivity index (χ1) is 6.56. The van der Waals surface area contributed by atoms with Gasteiger partial charge in [0, 0.05) is 6.20 Å². The number of fused-ring (bicyclic) bond motifs is 1. The summed E-state index contributed by atoms with van der Waals surface area (Å²) < 4.78 is 0. The number of carbonyl (C=O) groups is 1. The lowest BCUT2D eigenvalue weighted by molar-refractivity contribution is -0.121. The molecule has 0 aliphatic carbocycles. The van der Waals surface area contributed by atoms with Crippen molar-refractivity contribution in [3.8, 4) is 0 Å². The number of nitrogens with zero attached hydrogens (tertiary/aromatic N) is 1. The molecule has 1 atom stereocenters. The third-order valence-corrected chi connectivity index (χ3v) is 3.17. The zero-order valence-electron chi connectivity index (χ0n) is 8.66. The summed E-state index contributed by atoms with van der Waals surface area (Å²) in [5.41, 5.74) is 1.25. The van der Waals surface area contributed by atoms with Crippen molar-refractivity contribution in [1.82, 2.24) is 4.98 Å². The van der Waals surface area contributed by atoms with Crippen molar-refractivity contribution >= 4 is 11.6 Å². The minimum Gasteiger partial charge on any atom is -0.324 e. The molecule has 1 N–H and O–H groups in total. The van der Waals surface area contributed by atoms with Crippen molar-refractivity contribution in [3.63, 3.8) is 0 Å². The van der Waals surface area contributed by atoms with Crippen LogP contribution in [0.1, 0.15) is 26.5 Å². The lowest BCUT2D eigenvalue weighted by atomic mass is 9.77. The van der Waals surface area contributed by atoms with Crippen LogP contribution in [0.3, 0.4) is 0 Å². The average Bonchev–Trinajstić information content (AvgIpc) is 2.41. The number of carbonyl (C=O) groups excluding carboxylic acids is 1. The molecule has 1 aliphatic heterocycles. The lowest BCUT2D eigenvalue weighted by Gasteiger charge is -2.25. The molecule has 1 amide bonds. The molecule has 3 nitrogen and oxygen atoms in total. The molecule has 1 aromatic heterocycles. The molecule has 3 heteroatoms. The molecule has 0 saturated carbocycles. The topological polar surface area (TPSA) is 42.0 Å². The Kier molecular flexibility index (Phi) is 1.84. The van der Waals surface area contributed by atoms with E-state index in [1.807, 2.05) is 32.9 Å². The normalized spacial score (nSPS) is 25.0. The van der Waals surface area contributed by atoms with Gasteiger partial charge in [-0.3, -0.25) is 9.78 Å². The monoisotopic (exact) mass is 190 g/mol. The number of hydrogen-bond donors (Lipinski definition) is 1. The fraction of sp³-hybridized carbons (Fsp3) is 0.455. The average molecular weight is 190 g/mol. The zero-order chi connectivity index (χ0) is 10.3. The summed E-state index contributed by atoms with van der Waals surface area (Å²) in [6.45, 7) is 6.04. The van der Waals surface area contributed by atoms with Gasteiger partial charge in [-0.15, -0.1) is 0 Å². The number of rotatable bonds is 1. The van der Waals surface area contributed by atoms with Crippen LogP contribution in [-0.4, -0.2) is 10.9 Å². The van der Waals surface area contributed by atoms with Crippen LogP contribution in [0.4, 0.5) is 5.69 Å². The van der Waals surface area contributed by atoms with Gasteiger partial charge in [-0.25, -0.2) is 0 Å². The number of amides is 1. The van der Waals surface area contributed by atoms with Crippen molar-refractivity contribution in [2.75, 3.05) is 5.32 Å². The van der Waals surface area contributed by atoms with Crippen molar-refractivity contribution in [2.45, 2.75) is 26.2 Å². The summed E-state index contributed by atoms with van der Waals surface area (Å²) in [5.74, 6) is 0.305. The Morgan fingerprint density at radius 2 is 2.21 bits per heavy atom. The molecule has 1 unspecified atom stereocenters. The number of hydrogen-bond acceptors (Lipinski definition) is 2. The van der Waals surface area contributed by atoms with Gasteiger partial charge in [0.25, 0.3) is 0 Å². The molecule has 0 saturated heterocycles. The second kappa shape index (κ2) is 2.80. The van der Waals surface area contributed by atoms with E-state index in [0.29, 0.717) is 0 Å². The Bertz CT molecular complexity index is 387. The number of nitrogens with one attached hydrogen (secondary N) is 1. The predicted molar refractivity (Wildman–Crippen MR) is 55.1 cm³/mol. The molecular weight excluding hydrogens is 176 g/mol. The highest BCUT2D eigenvalue weighted by molar-refractivity contribution is 6.05. The Hall–Kier alpha value is -1.38. The highest BCUT2D eigenvalue weighted by Crippen LogP contribution is 2.40. The molecule has 14 heavy (non-hydrogen) atoms. The van der Waals surface area contributed by atoms with Crippen LogP contribution in [0, 0.1) is 5.92 Å². The van der Waals surface area contributed by atoms with Crippen LogP contribution in [0.25, 0.3) is 0 Å². The molecule has 0 radical (unpaired) electrons. The van der Waals surface area contributed by atoms with Gasteiger partial charge in [0.2, 0.25) is 5.91 Å². The Morgan fingerprint density at radius 3 is 2.86 bits per heavy atom. The molecule has 1 aromatic rings. The maximum Gasteiger partial charge on any atom is 0.236 e. The smallest absolute Gasteiger partial charge is 0.236 e. The van der Waals surface area contributed by atoms with Gasteiger partial charge >= 0.3 is 0 Å². The predicted octanol–water partition coefficient (Wildman–Crippen LogP) is 1.95. The molecule has 0 fully saturated rings. The van der Waals surface area contributed by atoms with Crippen LogP contribution >= 0.6 is 0 Å². The Morgan fingerprint density at radius 1 is 1.50 bits per heavy atom. The summed E-state index contributed by atoms with van der Waals surface area (Å²) in [7, 11) is 0. The van der Waals surface area contributed by atoms with Gasteiger partial charge < -0.3 is 5.32 Å². The summed E-state index contributed by atoms with van der Waals surface area (Å²) >= 11 is 0. The zero-order valence-corrected chi connectivity index (χ0v) is 8.66. The summed E-state index contributed by atoms with van der Waals surface area (Å²) in [6.07, 6.45) is 1.74. The number of pyridine rings is 1. The Labute approximate surface area is 83.5 Å². The standard InChI is InChI=1S/C11H14N2O/c1-7(2)11(3)9-8(13-10(11)14)5-4-6-12-9/h4-7H,1-3H3,(H,13,14).